The van der Waals surface area contributed by atoms with Crippen LogP contribution in [-0.4, -0.2) is 28.7 Å². The number of nitrogens with zero attached hydrogens (tertiary/aromatic N) is 1. The second kappa shape index (κ2) is 7.06. The number of benzene rings is 2. The van der Waals surface area contributed by atoms with E-state index < -0.39 is 17.1 Å². The standard InChI is InChI=1S/C21H19N3O5/c1-3-28-21(25)19-18(17-11(2)23-15-7-5-4-6-13(15)17)14-10-12(24(26)27)8-9-16(14)29-20(19)22/h4-10,20,23H,3,22H2,1-2H3. The van der Waals surface area contributed by atoms with E-state index in [4.69, 9.17) is 15.2 Å². The molecule has 4 rings (SSSR count). The van der Waals surface area contributed by atoms with Crippen molar-refractivity contribution in [2.75, 3.05) is 6.61 Å². The van der Waals surface area contributed by atoms with Crippen molar-refractivity contribution in [3.63, 3.8) is 0 Å². The lowest BCUT2D eigenvalue weighted by atomic mass is 9.88. The fourth-order valence-electron chi connectivity index (χ4n) is 3.71. The Kier molecular flexibility index (Phi) is 4.56. The molecular weight excluding hydrogens is 374 g/mol. The predicted octanol–water partition coefficient (Wildman–Crippen LogP) is 3.43. The Morgan fingerprint density at radius 2 is 2.07 bits per heavy atom. The summed E-state index contributed by atoms with van der Waals surface area (Å²) in [6, 6.07) is 11.9. The number of esters is 1. The van der Waals surface area contributed by atoms with Crippen LogP contribution in [0, 0.1) is 17.0 Å². The van der Waals surface area contributed by atoms with Gasteiger partial charge in [-0.25, -0.2) is 4.79 Å². The maximum absolute atomic E-state index is 12.8. The molecule has 2 aromatic carbocycles. The van der Waals surface area contributed by atoms with Gasteiger partial charge in [-0.15, -0.1) is 0 Å². The van der Waals surface area contributed by atoms with E-state index in [1.54, 1.807) is 6.92 Å². The summed E-state index contributed by atoms with van der Waals surface area (Å²) in [5, 5.41) is 12.2. The number of aromatic nitrogens is 1. The van der Waals surface area contributed by atoms with Crippen LogP contribution in [0.4, 0.5) is 5.69 Å². The number of ether oxygens (including phenoxy) is 2. The van der Waals surface area contributed by atoms with Gasteiger partial charge in [0.1, 0.15) is 11.3 Å². The summed E-state index contributed by atoms with van der Waals surface area (Å²) in [5.74, 6) is -0.243. The molecule has 0 saturated heterocycles. The summed E-state index contributed by atoms with van der Waals surface area (Å²) in [6.45, 7) is 3.74. The van der Waals surface area contributed by atoms with Gasteiger partial charge < -0.3 is 14.5 Å². The van der Waals surface area contributed by atoms with Crippen molar-refractivity contribution in [2.24, 2.45) is 5.73 Å². The summed E-state index contributed by atoms with van der Waals surface area (Å²) < 4.78 is 10.9. The third-order valence-corrected chi connectivity index (χ3v) is 4.89. The molecule has 0 saturated carbocycles. The number of H-pyrrole nitrogens is 1. The number of aromatic amines is 1. The highest BCUT2D eigenvalue weighted by Gasteiger charge is 2.35. The first-order valence-electron chi connectivity index (χ1n) is 9.12. The lowest BCUT2D eigenvalue weighted by Gasteiger charge is -2.28. The highest BCUT2D eigenvalue weighted by atomic mass is 16.6. The van der Waals surface area contributed by atoms with Crippen molar-refractivity contribution in [1.29, 1.82) is 0 Å². The van der Waals surface area contributed by atoms with Crippen LogP contribution in [0.25, 0.3) is 16.5 Å². The number of nitro benzene ring substituents is 1. The van der Waals surface area contributed by atoms with Gasteiger partial charge >= 0.3 is 5.97 Å². The van der Waals surface area contributed by atoms with Gasteiger partial charge in [0.15, 0.2) is 6.23 Å². The number of rotatable bonds is 4. The van der Waals surface area contributed by atoms with E-state index in [1.165, 1.54) is 18.2 Å². The van der Waals surface area contributed by atoms with Crippen molar-refractivity contribution >= 4 is 28.1 Å². The van der Waals surface area contributed by atoms with Crippen LogP contribution in [0.3, 0.4) is 0 Å². The molecule has 29 heavy (non-hydrogen) atoms. The molecule has 0 amide bonds. The third kappa shape index (κ3) is 3.03. The molecule has 0 spiro atoms. The monoisotopic (exact) mass is 393 g/mol. The molecule has 1 unspecified atom stereocenters. The van der Waals surface area contributed by atoms with Crippen molar-refractivity contribution < 1.29 is 19.2 Å². The second-order valence-corrected chi connectivity index (χ2v) is 6.66. The Balaban J connectivity index is 2.10. The summed E-state index contributed by atoms with van der Waals surface area (Å²) in [6.07, 6.45) is -1.06. The van der Waals surface area contributed by atoms with Crippen LogP contribution >= 0.6 is 0 Å². The van der Waals surface area contributed by atoms with Crippen LogP contribution in [0.1, 0.15) is 23.7 Å². The van der Waals surface area contributed by atoms with Gasteiger partial charge in [0.2, 0.25) is 0 Å². The zero-order chi connectivity index (χ0) is 20.7. The number of para-hydroxylation sites is 1. The van der Waals surface area contributed by atoms with Crippen molar-refractivity contribution in [1.82, 2.24) is 4.98 Å². The zero-order valence-electron chi connectivity index (χ0n) is 15.9. The van der Waals surface area contributed by atoms with Crippen molar-refractivity contribution in [3.05, 3.63) is 75.0 Å². The number of hydrogen-bond donors (Lipinski definition) is 2. The summed E-state index contributed by atoms with van der Waals surface area (Å²) in [7, 11) is 0. The van der Waals surface area contributed by atoms with Gasteiger partial charge in [-0.2, -0.15) is 0 Å². The van der Waals surface area contributed by atoms with Crippen molar-refractivity contribution in [3.8, 4) is 5.75 Å². The number of nitrogens with two attached hydrogens (primary N) is 1. The Bertz CT molecular complexity index is 1180. The van der Waals surface area contributed by atoms with E-state index in [-0.39, 0.29) is 17.9 Å². The van der Waals surface area contributed by atoms with Gasteiger partial charge in [-0.3, -0.25) is 15.8 Å². The van der Waals surface area contributed by atoms with Crippen LogP contribution in [-0.2, 0) is 9.53 Å². The molecular formula is C21H19N3O5. The minimum absolute atomic E-state index is 0.110. The van der Waals surface area contributed by atoms with E-state index in [2.05, 4.69) is 4.98 Å². The van der Waals surface area contributed by atoms with E-state index in [0.29, 0.717) is 16.9 Å². The molecule has 0 fully saturated rings. The van der Waals surface area contributed by atoms with E-state index in [0.717, 1.165) is 22.2 Å². The second-order valence-electron chi connectivity index (χ2n) is 6.66. The predicted molar refractivity (Wildman–Crippen MR) is 107 cm³/mol. The number of non-ortho nitro benzene ring substituents is 1. The molecule has 1 atom stereocenters. The molecule has 3 N–H and O–H groups in total. The first-order chi connectivity index (χ1) is 13.9. The topological polar surface area (TPSA) is 120 Å². The zero-order valence-corrected chi connectivity index (χ0v) is 15.9. The Morgan fingerprint density at radius 3 is 2.79 bits per heavy atom. The quantitative estimate of drug-likeness (QED) is 0.398. The minimum atomic E-state index is -1.06. The first kappa shape index (κ1) is 18.7. The molecule has 8 heteroatoms. The molecule has 1 aliphatic heterocycles. The Morgan fingerprint density at radius 1 is 1.31 bits per heavy atom. The molecule has 8 nitrogen and oxygen atoms in total. The Labute approximate surface area is 166 Å². The molecule has 2 heterocycles. The van der Waals surface area contributed by atoms with Gasteiger partial charge in [-0.05, 0) is 26.0 Å². The van der Waals surface area contributed by atoms with Crippen LogP contribution in [0.15, 0.2) is 48.0 Å². The average Bonchev–Trinajstić information content (AvgIpc) is 3.02. The van der Waals surface area contributed by atoms with Gasteiger partial charge in [0.25, 0.3) is 5.69 Å². The molecule has 3 aromatic rings. The van der Waals surface area contributed by atoms with E-state index >= 15 is 0 Å². The fraction of sp³-hybridized carbons (Fsp3) is 0.190. The number of carbonyl (C=O) groups is 1. The molecule has 1 aliphatic rings. The molecule has 0 radical (unpaired) electrons. The van der Waals surface area contributed by atoms with Crippen LogP contribution in [0.5, 0.6) is 5.75 Å². The molecule has 0 bridgehead atoms. The minimum Gasteiger partial charge on any atom is -0.470 e. The van der Waals surface area contributed by atoms with Gasteiger partial charge in [0, 0.05) is 45.4 Å². The molecule has 1 aromatic heterocycles. The highest BCUT2D eigenvalue weighted by molar-refractivity contribution is 6.09. The third-order valence-electron chi connectivity index (χ3n) is 4.89. The lowest BCUT2D eigenvalue weighted by Crippen LogP contribution is -2.37. The number of nitrogens with one attached hydrogen (secondary N) is 1. The fourth-order valence-corrected chi connectivity index (χ4v) is 3.71. The number of fused-ring (bicyclic) bond motifs is 2. The smallest absolute Gasteiger partial charge is 0.339 e. The molecule has 0 aliphatic carbocycles. The summed E-state index contributed by atoms with van der Waals surface area (Å²) in [4.78, 5) is 27.0. The maximum atomic E-state index is 12.8. The average molecular weight is 393 g/mol. The van der Waals surface area contributed by atoms with Crippen LogP contribution in [0.2, 0.25) is 0 Å². The number of aryl methyl sites for hydroxylation is 1. The summed E-state index contributed by atoms with van der Waals surface area (Å²) in [5.41, 5.74) is 9.54. The first-order valence-corrected chi connectivity index (χ1v) is 9.12. The van der Waals surface area contributed by atoms with E-state index in [1.807, 2.05) is 31.2 Å². The van der Waals surface area contributed by atoms with Gasteiger partial charge in [-0.1, -0.05) is 18.2 Å². The number of hydrogen-bond acceptors (Lipinski definition) is 6. The van der Waals surface area contributed by atoms with Crippen LogP contribution < -0.4 is 10.5 Å². The largest absolute Gasteiger partial charge is 0.470 e. The number of carbonyl (C=O) groups excluding carboxylic acids is 1. The summed E-state index contributed by atoms with van der Waals surface area (Å²) >= 11 is 0. The Hall–Kier alpha value is -3.65. The SMILES string of the molecule is CCOC(=O)C1=C(c2c(C)[nH]c3ccccc23)c2cc([N+](=O)[O-])ccc2OC1N. The van der Waals surface area contributed by atoms with Crippen molar-refractivity contribution in [2.45, 2.75) is 20.1 Å². The maximum Gasteiger partial charge on any atom is 0.339 e. The molecule has 148 valence electrons. The lowest BCUT2D eigenvalue weighted by molar-refractivity contribution is -0.384. The van der Waals surface area contributed by atoms with Gasteiger partial charge in [0.05, 0.1) is 11.5 Å². The van der Waals surface area contributed by atoms with E-state index in [9.17, 15) is 14.9 Å². The normalized spacial score (nSPS) is 15.8. The number of nitro groups is 1. The highest BCUT2D eigenvalue weighted by Crippen LogP contribution is 2.44.